The molecule has 1 fully saturated rings. The number of hydrogen-bond acceptors (Lipinski definition) is 4. The summed E-state index contributed by atoms with van der Waals surface area (Å²) in [7, 11) is 0. The molecular weight excluding hydrogens is 316 g/mol. The quantitative estimate of drug-likeness (QED) is 0.786. The van der Waals surface area contributed by atoms with E-state index in [9.17, 15) is 14.4 Å². The molecule has 0 aromatic carbocycles. The number of hydrogen-bond donors (Lipinski definition) is 1. The number of carbonyl (C=O) groups is 3. The molecule has 3 amide bonds. The Morgan fingerprint density at radius 3 is 2.32 bits per heavy atom. The van der Waals surface area contributed by atoms with E-state index in [1.165, 1.54) is 6.20 Å². The van der Waals surface area contributed by atoms with Crippen molar-refractivity contribution in [2.45, 2.75) is 0 Å². The van der Waals surface area contributed by atoms with Gasteiger partial charge < -0.3 is 4.90 Å². The number of carbonyl (C=O) groups excluding carboxylic acids is 3. The van der Waals surface area contributed by atoms with Crippen molar-refractivity contribution in [3.63, 3.8) is 0 Å². The van der Waals surface area contributed by atoms with E-state index in [4.69, 9.17) is 34.8 Å². The highest BCUT2D eigenvalue weighted by molar-refractivity contribution is 6.48. The van der Waals surface area contributed by atoms with Crippen LogP contribution in [0.3, 0.4) is 0 Å². The van der Waals surface area contributed by atoms with Crippen molar-refractivity contribution in [2.24, 2.45) is 0 Å². The summed E-state index contributed by atoms with van der Waals surface area (Å²) in [4.78, 5) is 39.3. The van der Waals surface area contributed by atoms with E-state index in [1.807, 2.05) is 0 Å². The molecule has 1 saturated heterocycles. The Labute approximate surface area is 122 Å². The summed E-state index contributed by atoms with van der Waals surface area (Å²) in [6, 6.07) is 0. The van der Waals surface area contributed by atoms with Crippen LogP contribution in [0.25, 0.3) is 0 Å². The largest absolute Gasteiger partial charge is 0.319 e. The minimum atomic E-state index is -0.660. The molecule has 1 aromatic rings. The fourth-order valence-corrected chi connectivity index (χ4v) is 2.08. The maximum absolute atomic E-state index is 12.1. The summed E-state index contributed by atoms with van der Waals surface area (Å²) in [6.07, 6.45) is 1.18. The van der Waals surface area contributed by atoms with Crippen molar-refractivity contribution >= 4 is 52.5 Å². The van der Waals surface area contributed by atoms with Crippen LogP contribution >= 0.6 is 34.8 Å². The second kappa shape index (κ2) is 5.32. The normalized spacial score (nSPS) is 15.4. The third-order valence-corrected chi connectivity index (χ3v) is 3.60. The van der Waals surface area contributed by atoms with E-state index in [2.05, 4.69) is 10.3 Å². The van der Waals surface area contributed by atoms with Gasteiger partial charge in [-0.15, -0.1) is 0 Å². The van der Waals surface area contributed by atoms with Gasteiger partial charge in [-0.25, -0.2) is 4.98 Å². The highest BCUT2D eigenvalue weighted by Crippen LogP contribution is 2.31. The van der Waals surface area contributed by atoms with Crippen LogP contribution < -0.4 is 5.32 Å². The first-order valence-electron chi connectivity index (χ1n) is 5.01. The third-order valence-electron chi connectivity index (χ3n) is 2.35. The standard InChI is InChI=1S/C10H6Cl3N3O3/c11-4-1-14-9(8(13)7(4)12)10(19)16-2-5(17)15-6(18)3-16/h1H,2-3H2,(H,15,17,18). The highest BCUT2D eigenvalue weighted by Gasteiger charge is 2.29. The molecule has 0 spiro atoms. The molecular formula is C10H6Cl3N3O3. The number of nitrogens with one attached hydrogen (secondary N) is 1. The van der Waals surface area contributed by atoms with Crippen LogP contribution in [-0.2, 0) is 9.59 Å². The molecule has 1 aromatic heterocycles. The molecule has 0 unspecified atom stereocenters. The average molecular weight is 323 g/mol. The smallest absolute Gasteiger partial charge is 0.274 e. The van der Waals surface area contributed by atoms with Crippen molar-refractivity contribution in [3.05, 3.63) is 27.0 Å². The van der Waals surface area contributed by atoms with Crippen LogP contribution in [-0.4, -0.2) is 40.7 Å². The lowest BCUT2D eigenvalue weighted by Gasteiger charge is -2.25. The Bertz CT molecular complexity index is 575. The maximum atomic E-state index is 12.1. The van der Waals surface area contributed by atoms with Crippen LogP contribution in [0.2, 0.25) is 15.1 Å². The van der Waals surface area contributed by atoms with Crippen LogP contribution in [0.4, 0.5) is 0 Å². The van der Waals surface area contributed by atoms with Gasteiger partial charge in [0.15, 0.2) is 0 Å². The second-order valence-corrected chi connectivity index (χ2v) is 4.88. The van der Waals surface area contributed by atoms with Gasteiger partial charge in [-0.1, -0.05) is 34.8 Å². The van der Waals surface area contributed by atoms with Crippen molar-refractivity contribution in [1.29, 1.82) is 0 Å². The molecule has 2 heterocycles. The van der Waals surface area contributed by atoms with E-state index in [0.717, 1.165) is 4.90 Å². The van der Waals surface area contributed by atoms with Crippen LogP contribution in [0.15, 0.2) is 6.20 Å². The molecule has 0 aliphatic carbocycles. The average Bonchev–Trinajstić information content (AvgIpc) is 2.34. The van der Waals surface area contributed by atoms with Crippen LogP contribution in [0.5, 0.6) is 0 Å². The van der Waals surface area contributed by atoms with Crippen molar-refractivity contribution in [2.75, 3.05) is 13.1 Å². The van der Waals surface area contributed by atoms with E-state index in [-0.39, 0.29) is 33.9 Å². The molecule has 0 atom stereocenters. The minimum Gasteiger partial charge on any atom is -0.319 e. The van der Waals surface area contributed by atoms with Crippen molar-refractivity contribution in [1.82, 2.24) is 15.2 Å². The number of rotatable bonds is 1. The first kappa shape index (κ1) is 14.0. The number of piperazine rings is 1. The topological polar surface area (TPSA) is 79.4 Å². The van der Waals surface area contributed by atoms with Gasteiger partial charge in [-0.3, -0.25) is 19.7 Å². The summed E-state index contributed by atoms with van der Waals surface area (Å²) in [6.45, 7) is -0.494. The van der Waals surface area contributed by atoms with E-state index >= 15 is 0 Å². The summed E-state index contributed by atoms with van der Waals surface area (Å²) in [5, 5.41) is 2.07. The molecule has 0 radical (unpaired) electrons. The summed E-state index contributed by atoms with van der Waals surface area (Å²) >= 11 is 17.4. The Kier molecular flexibility index (Phi) is 3.93. The Morgan fingerprint density at radius 1 is 1.16 bits per heavy atom. The molecule has 0 bridgehead atoms. The Balaban J connectivity index is 2.32. The van der Waals surface area contributed by atoms with Crippen LogP contribution in [0, 0.1) is 0 Å². The molecule has 2 rings (SSSR count). The van der Waals surface area contributed by atoms with Gasteiger partial charge in [0.2, 0.25) is 11.8 Å². The maximum Gasteiger partial charge on any atom is 0.274 e. The monoisotopic (exact) mass is 321 g/mol. The fourth-order valence-electron chi connectivity index (χ4n) is 1.52. The van der Waals surface area contributed by atoms with Crippen LogP contribution in [0.1, 0.15) is 10.5 Å². The minimum absolute atomic E-state index is 0.00512. The zero-order chi connectivity index (χ0) is 14.2. The summed E-state index contributed by atoms with van der Waals surface area (Å²) < 4.78 is 0. The second-order valence-electron chi connectivity index (χ2n) is 3.72. The zero-order valence-electron chi connectivity index (χ0n) is 9.24. The lowest BCUT2D eigenvalue weighted by Crippen LogP contribution is -2.53. The van der Waals surface area contributed by atoms with Gasteiger partial charge >= 0.3 is 0 Å². The van der Waals surface area contributed by atoms with Gasteiger partial charge in [0.05, 0.1) is 15.1 Å². The highest BCUT2D eigenvalue weighted by atomic mass is 35.5. The zero-order valence-corrected chi connectivity index (χ0v) is 11.5. The molecule has 6 nitrogen and oxygen atoms in total. The first-order valence-corrected chi connectivity index (χ1v) is 6.15. The van der Waals surface area contributed by atoms with Gasteiger partial charge in [-0.05, 0) is 0 Å². The molecule has 1 aliphatic rings. The van der Waals surface area contributed by atoms with Gasteiger partial charge in [-0.2, -0.15) is 0 Å². The predicted octanol–water partition coefficient (Wildman–Crippen LogP) is 1.14. The molecule has 9 heteroatoms. The molecule has 0 saturated carbocycles. The number of halogens is 3. The lowest BCUT2D eigenvalue weighted by atomic mass is 10.2. The first-order chi connectivity index (χ1) is 8.90. The van der Waals surface area contributed by atoms with E-state index in [0.29, 0.717) is 0 Å². The van der Waals surface area contributed by atoms with Gasteiger partial charge in [0, 0.05) is 6.20 Å². The third kappa shape index (κ3) is 2.80. The lowest BCUT2D eigenvalue weighted by molar-refractivity contribution is -0.135. The Hall–Kier alpha value is -1.37. The fraction of sp³-hybridized carbons (Fsp3) is 0.200. The molecule has 1 N–H and O–H groups in total. The molecule has 19 heavy (non-hydrogen) atoms. The number of imide groups is 1. The number of amides is 3. The Morgan fingerprint density at radius 2 is 1.74 bits per heavy atom. The van der Waals surface area contributed by atoms with Crippen molar-refractivity contribution in [3.8, 4) is 0 Å². The van der Waals surface area contributed by atoms with Gasteiger partial charge in [0.25, 0.3) is 5.91 Å². The SMILES string of the molecule is O=C1CN(C(=O)c2ncc(Cl)c(Cl)c2Cl)CC(=O)N1. The van der Waals surface area contributed by atoms with Gasteiger partial charge in [0.1, 0.15) is 18.8 Å². The van der Waals surface area contributed by atoms with E-state index in [1.54, 1.807) is 0 Å². The summed E-state index contributed by atoms with van der Waals surface area (Å²) in [5.74, 6) is -1.80. The van der Waals surface area contributed by atoms with E-state index < -0.39 is 17.7 Å². The number of pyridine rings is 1. The summed E-state index contributed by atoms with van der Waals surface area (Å²) in [5.41, 5.74) is -0.154. The molecule has 100 valence electrons. The number of aromatic nitrogens is 1. The molecule has 1 aliphatic heterocycles. The predicted molar refractivity (Wildman–Crippen MR) is 68.3 cm³/mol. The number of nitrogens with zero attached hydrogens (tertiary/aromatic N) is 2. The van der Waals surface area contributed by atoms with Crippen molar-refractivity contribution < 1.29 is 14.4 Å².